The second kappa shape index (κ2) is 6.21. The molecular weight excluding hydrogens is 313 g/mol. The molecule has 1 N–H and O–H groups in total. The topological polar surface area (TPSA) is 67.3 Å². The van der Waals surface area contributed by atoms with E-state index in [2.05, 4.69) is 15.3 Å². The van der Waals surface area contributed by atoms with E-state index in [1.165, 1.54) is 0 Å². The van der Waals surface area contributed by atoms with E-state index in [4.69, 9.17) is 4.74 Å². The number of alkyl carbamates (subject to hydrolysis) is 1. The molecule has 128 valence electrons. The van der Waals surface area contributed by atoms with E-state index in [1.807, 2.05) is 0 Å². The number of nitrogens with zero attached hydrogens (tertiary/aromatic N) is 3. The van der Waals surface area contributed by atoms with E-state index in [9.17, 15) is 18.0 Å². The van der Waals surface area contributed by atoms with Gasteiger partial charge in [0.1, 0.15) is 11.3 Å². The third-order valence-electron chi connectivity index (χ3n) is 3.13. The zero-order valence-electron chi connectivity index (χ0n) is 13.1. The molecule has 6 nitrogen and oxygen atoms in total. The van der Waals surface area contributed by atoms with Crippen LogP contribution in [0.1, 0.15) is 32.9 Å². The van der Waals surface area contributed by atoms with E-state index < -0.39 is 23.6 Å². The first-order valence-corrected chi connectivity index (χ1v) is 7.19. The number of hydrogen-bond donors (Lipinski definition) is 1. The lowest BCUT2D eigenvalue weighted by Crippen LogP contribution is -2.40. The van der Waals surface area contributed by atoms with Gasteiger partial charge in [-0.25, -0.2) is 14.8 Å². The SMILES string of the molecule is CC(C)(C)OC(=O)NC1CCN(c2nccc(C(F)(F)F)n2)C1. The molecule has 1 aromatic heterocycles. The van der Waals surface area contributed by atoms with Crippen molar-refractivity contribution < 1.29 is 22.7 Å². The van der Waals surface area contributed by atoms with Gasteiger partial charge in [-0.05, 0) is 33.3 Å². The normalized spacial score (nSPS) is 18.9. The van der Waals surface area contributed by atoms with Gasteiger partial charge in [0.25, 0.3) is 0 Å². The van der Waals surface area contributed by atoms with Crippen molar-refractivity contribution in [3.63, 3.8) is 0 Å². The van der Waals surface area contributed by atoms with Gasteiger partial charge in [-0.15, -0.1) is 0 Å². The van der Waals surface area contributed by atoms with Crippen molar-refractivity contribution in [2.45, 2.75) is 45.0 Å². The summed E-state index contributed by atoms with van der Waals surface area (Å²) in [5.41, 5.74) is -1.59. The Balaban J connectivity index is 1.97. The van der Waals surface area contributed by atoms with Crippen LogP contribution in [-0.2, 0) is 10.9 Å². The van der Waals surface area contributed by atoms with Crippen LogP contribution in [0.3, 0.4) is 0 Å². The van der Waals surface area contributed by atoms with Gasteiger partial charge in [0.2, 0.25) is 5.95 Å². The molecule has 1 atom stereocenters. The molecule has 9 heteroatoms. The minimum atomic E-state index is -4.51. The standard InChI is InChI=1S/C14H19F3N4O2/c1-13(2,3)23-12(22)19-9-5-7-21(8-9)11-18-6-4-10(20-11)14(15,16)17/h4,6,9H,5,7-8H2,1-3H3,(H,19,22). The summed E-state index contributed by atoms with van der Waals surface area (Å²) in [6.45, 7) is 6.06. The second-order valence-electron chi connectivity index (χ2n) is 6.32. The molecule has 0 saturated carbocycles. The van der Waals surface area contributed by atoms with E-state index >= 15 is 0 Å². The zero-order valence-corrected chi connectivity index (χ0v) is 13.1. The molecule has 23 heavy (non-hydrogen) atoms. The van der Waals surface area contributed by atoms with Gasteiger partial charge < -0.3 is 15.0 Å². The van der Waals surface area contributed by atoms with Crippen LogP contribution in [0.25, 0.3) is 0 Å². The summed E-state index contributed by atoms with van der Waals surface area (Å²) < 4.78 is 43.2. The molecule has 1 aliphatic rings. The highest BCUT2D eigenvalue weighted by Gasteiger charge is 2.34. The first-order valence-electron chi connectivity index (χ1n) is 7.19. The van der Waals surface area contributed by atoms with Crippen molar-refractivity contribution in [3.8, 4) is 0 Å². The molecule has 2 heterocycles. The molecule has 0 bridgehead atoms. The lowest BCUT2D eigenvalue weighted by atomic mass is 10.2. The van der Waals surface area contributed by atoms with Crippen LogP contribution in [0.15, 0.2) is 12.3 Å². The molecular formula is C14H19F3N4O2. The molecule has 1 aromatic rings. The number of aromatic nitrogens is 2. The number of alkyl halides is 3. The number of nitrogens with one attached hydrogen (secondary N) is 1. The van der Waals surface area contributed by atoms with Crippen LogP contribution >= 0.6 is 0 Å². The fourth-order valence-corrected chi connectivity index (χ4v) is 2.19. The lowest BCUT2D eigenvalue weighted by Gasteiger charge is -2.22. The van der Waals surface area contributed by atoms with Gasteiger partial charge in [0, 0.05) is 19.3 Å². The van der Waals surface area contributed by atoms with E-state index in [1.54, 1.807) is 25.7 Å². The summed E-state index contributed by atoms with van der Waals surface area (Å²) >= 11 is 0. The van der Waals surface area contributed by atoms with Crippen molar-refractivity contribution in [2.24, 2.45) is 0 Å². The van der Waals surface area contributed by atoms with Crippen molar-refractivity contribution in [1.29, 1.82) is 0 Å². The highest BCUT2D eigenvalue weighted by molar-refractivity contribution is 5.68. The van der Waals surface area contributed by atoms with E-state index in [0.717, 1.165) is 12.3 Å². The minimum Gasteiger partial charge on any atom is -0.444 e. The molecule has 0 aromatic carbocycles. The van der Waals surface area contributed by atoms with Crippen LogP contribution in [0.2, 0.25) is 0 Å². The van der Waals surface area contributed by atoms with Crippen LogP contribution in [0.5, 0.6) is 0 Å². The Bertz CT molecular complexity index is 572. The molecule has 2 rings (SSSR count). The van der Waals surface area contributed by atoms with Gasteiger partial charge in [0.15, 0.2) is 0 Å². The monoisotopic (exact) mass is 332 g/mol. The van der Waals surface area contributed by atoms with Crippen LogP contribution < -0.4 is 10.2 Å². The fraction of sp³-hybridized carbons (Fsp3) is 0.643. The third-order valence-corrected chi connectivity index (χ3v) is 3.13. The Kier molecular flexibility index (Phi) is 4.67. The summed E-state index contributed by atoms with van der Waals surface area (Å²) in [6, 6.07) is 0.610. The smallest absolute Gasteiger partial charge is 0.433 e. The number of ether oxygens (including phenoxy) is 1. The van der Waals surface area contributed by atoms with Crippen LogP contribution in [0, 0.1) is 0 Å². The summed E-state index contributed by atoms with van der Waals surface area (Å²) in [4.78, 5) is 20.7. The predicted molar refractivity (Wildman–Crippen MR) is 77.0 cm³/mol. The van der Waals surface area contributed by atoms with Crippen LogP contribution in [-0.4, -0.2) is 40.8 Å². The first-order chi connectivity index (χ1) is 10.5. The number of halogens is 3. The Morgan fingerprint density at radius 2 is 2.09 bits per heavy atom. The molecule has 1 saturated heterocycles. The number of amides is 1. The average molecular weight is 332 g/mol. The number of anilines is 1. The Hall–Kier alpha value is -2.06. The van der Waals surface area contributed by atoms with Gasteiger partial charge in [-0.1, -0.05) is 0 Å². The molecule has 1 fully saturated rings. The van der Waals surface area contributed by atoms with Gasteiger partial charge >= 0.3 is 12.3 Å². The number of hydrogen-bond acceptors (Lipinski definition) is 5. The Morgan fingerprint density at radius 1 is 1.39 bits per heavy atom. The predicted octanol–water partition coefficient (Wildman–Crippen LogP) is 2.60. The first kappa shape index (κ1) is 17.3. The van der Waals surface area contributed by atoms with Gasteiger partial charge in [-0.3, -0.25) is 0 Å². The summed E-state index contributed by atoms with van der Waals surface area (Å²) in [5.74, 6) is 0.00770. The quantitative estimate of drug-likeness (QED) is 0.902. The Morgan fingerprint density at radius 3 is 2.70 bits per heavy atom. The van der Waals surface area contributed by atoms with Crippen molar-refractivity contribution in [1.82, 2.24) is 15.3 Å². The molecule has 1 amide bonds. The van der Waals surface area contributed by atoms with Crippen molar-refractivity contribution in [3.05, 3.63) is 18.0 Å². The van der Waals surface area contributed by atoms with Crippen molar-refractivity contribution >= 4 is 12.0 Å². The Labute approximate surface area is 132 Å². The highest BCUT2D eigenvalue weighted by Crippen LogP contribution is 2.28. The second-order valence-corrected chi connectivity index (χ2v) is 6.32. The molecule has 1 aliphatic heterocycles. The maximum atomic E-state index is 12.7. The largest absolute Gasteiger partial charge is 0.444 e. The maximum Gasteiger partial charge on any atom is 0.433 e. The minimum absolute atomic E-state index is 0.00770. The maximum absolute atomic E-state index is 12.7. The molecule has 0 spiro atoms. The lowest BCUT2D eigenvalue weighted by molar-refractivity contribution is -0.141. The number of carbonyl (C=O) groups is 1. The summed E-state index contributed by atoms with van der Waals surface area (Å²) in [7, 11) is 0. The average Bonchev–Trinajstić information content (AvgIpc) is 2.84. The number of rotatable bonds is 2. The molecule has 1 unspecified atom stereocenters. The van der Waals surface area contributed by atoms with Crippen molar-refractivity contribution in [2.75, 3.05) is 18.0 Å². The van der Waals surface area contributed by atoms with Crippen LogP contribution in [0.4, 0.5) is 23.9 Å². The van der Waals surface area contributed by atoms with E-state index in [-0.39, 0.29) is 12.0 Å². The number of carbonyl (C=O) groups excluding carboxylic acids is 1. The summed E-state index contributed by atoms with van der Waals surface area (Å²) in [5, 5.41) is 2.70. The zero-order chi connectivity index (χ0) is 17.3. The third kappa shape index (κ3) is 4.97. The van der Waals surface area contributed by atoms with Gasteiger partial charge in [0.05, 0.1) is 6.04 Å². The van der Waals surface area contributed by atoms with Gasteiger partial charge in [-0.2, -0.15) is 13.2 Å². The summed E-state index contributed by atoms with van der Waals surface area (Å²) in [6.07, 6.45) is -3.39. The molecule has 0 aliphatic carbocycles. The fourth-order valence-electron chi connectivity index (χ4n) is 2.19. The highest BCUT2D eigenvalue weighted by atomic mass is 19.4. The van der Waals surface area contributed by atoms with E-state index in [0.29, 0.717) is 19.5 Å². The molecule has 0 radical (unpaired) electrons.